The summed E-state index contributed by atoms with van der Waals surface area (Å²) in [5.41, 5.74) is 0.123. The van der Waals surface area contributed by atoms with Crippen molar-refractivity contribution in [3.8, 4) is 11.4 Å². The van der Waals surface area contributed by atoms with E-state index in [1.807, 2.05) is 0 Å². The topological polar surface area (TPSA) is 111 Å². The summed E-state index contributed by atoms with van der Waals surface area (Å²) < 4.78 is 6.64. The molecule has 3 heterocycles. The maximum absolute atomic E-state index is 12.3. The summed E-state index contributed by atoms with van der Waals surface area (Å²) in [7, 11) is 0. The molecule has 0 spiro atoms. The first-order valence-corrected chi connectivity index (χ1v) is 7.41. The van der Waals surface area contributed by atoms with Gasteiger partial charge in [0.05, 0.1) is 0 Å². The van der Waals surface area contributed by atoms with Crippen molar-refractivity contribution in [3.63, 3.8) is 0 Å². The molecule has 0 atom stereocenters. The Morgan fingerprint density at radius 2 is 2.38 bits per heavy atom. The number of carboxylic acid groups (broad SMARTS) is 1. The van der Waals surface area contributed by atoms with Crippen molar-refractivity contribution in [2.75, 3.05) is 5.75 Å². The van der Waals surface area contributed by atoms with E-state index in [9.17, 15) is 9.59 Å². The van der Waals surface area contributed by atoms with Crippen molar-refractivity contribution in [3.05, 3.63) is 22.4 Å². The number of aliphatic carboxylic acids is 1. The van der Waals surface area contributed by atoms with Crippen LogP contribution in [0.15, 0.2) is 20.7 Å². The van der Waals surface area contributed by atoms with E-state index in [4.69, 9.17) is 9.63 Å². The lowest BCUT2D eigenvalue weighted by Gasteiger charge is -2.01. The molecular weight excluding hydrogens is 296 g/mol. The van der Waals surface area contributed by atoms with Gasteiger partial charge in [-0.15, -0.1) is 0 Å². The zero-order valence-corrected chi connectivity index (χ0v) is 11.8. The molecule has 110 valence electrons. The number of nitrogens with zero attached hydrogens (tertiary/aromatic N) is 4. The Kier molecular flexibility index (Phi) is 3.74. The lowest BCUT2D eigenvalue weighted by atomic mass is 10.2. The monoisotopic (exact) mass is 308 g/mol. The van der Waals surface area contributed by atoms with Crippen LogP contribution < -0.4 is 5.56 Å². The Labute approximate surface area is 123 Å². The van der Waals surface area contributed by atoms with Crippen molar-refractivity contribution >= 4 is 17.7 Å². The van der Waals surface area contributed by atoms with E-state index in [-0.39, 0.29) is 17.8 Å². The molecule has 2 aromatic heterocycles. The van der Waals surface area contributed by atoms with Gasteiger partial charge < -0.3 is 9.63 Å². The highest BCUT2D eigenvalue weighted by atomic mass is 32.2. The molecule has 0 unspecified atom stereocenters. The molecule has 0 amide bonds. The third-order valence-corrected chi connectivity index (χ3v) is 4.02. The third-order valence-electron chi connectivity index (χ3n) is 3.05. The summed E-state index contributed by atoms with van der Waals surface area (Å²) in [6.07, 6.45) is 2.28. The number of thioether (sulfide) groups is 1. The number of fused-ring (bicyclic) bond motifs is 1. The minimum absolute atomic E-state index is 0.0397. The molecule has 1 N–H and O–H groups in total. The Hall–Kier alpha value is -2.16. The van der Waals surface area contributed by atoms with Crippen LogP contribution in [0.4, 0.5) is 0 Å². The number of aryl methyl sites for hydroxylation is 1. The third kappa shape index (κ3) is 2.82. The van der Waals surface area contributed by atoms with Crippen LogP contribution in [0.25, 0.3) is 11.4 Å². The second-order valence-electron chi connectivity index (χ2n) is 4.52. The van der Waals surface area contributed by atoms with Crippen LogP contribution in [0.3, 0.4) is 0 Å². The normalized spacial score (nSPS) is 13.3. The maximum Gasteiger partial charge on any atom is 0.303 e. The van der Waals surface area contributed by atoms with E-state index in [0.717, 1.165) is 5.75 Å². The lowest BCUT2D eigenvalue weighted by Crippen LogP contribution is -2.22. The summed E-state index contributed by atoms with van der Waals surface area (Å²) in [6.45, 7) is 0.628. The molecule has 0 fully saturated rings. The minimum atomic E-state index is -0.867. The van der Waals surface area contributed by atoms with E-state index < -0.39 is 5.97 Å². The fourth-order valence-corrected chi connectivity index (χ4v) is 2.94. The van der Waals surface area contributed by atoms with Gasteiger partial charge in [-0.25, -0.2) is 4.98 Å². The molecular formula is C12H12N4O4S. The van der Waals surface area contributed by atoms with Gasteiger partial charge >= 0.3 is 5.97 Å². The summed E-state index contributed by atoms with van der Waals surface area (Å²) >= 11 is 1.54. The predicted molar refractivity (Wildman–Crippen MR) is 73.1 cm³/mol. The molecule has 9 heteroatoms. The standard InChI is InChI=1S/C12H12N4O4S/c17-9(18)3-1-2-8-14-10(15-20-8)7-6-13-12-16(11(7)19)4-5-21-12/h6H,1-5H2,(H,17,18). The van der Waals surface area contributed by atoms with Crippen molar-refractivity contribution in [1.29, 1.82) is 0 Å². The SMILES string of the molecule is O=C(O)CCCc1nc(-c2cnc3n(c2=O)CCS3)no1. The lowest BCUT2D eigenvalue weighted by molar-refractivity contribution is -0.137. The Morgan fingerprint density at radius 3 is 3.19 bits per heavy atom. The van der Waals surface area contributed by atoms with Gasteiger partial charge in [-0.3, -0.25) is 14.2 Å². The van der Waals surface area contributed by atoms with Gasteiger partial charge in [0.2, 0.25) is 11.7 Å². The quantitative estimate of drug-likeness (QED) is 0.808. The molecule has 0 aromatic carbocycles. The van der Waals surface area contributed by atoms with Gasteiger partial charge in [-0.2, -0.15) is 4.98 Å². The van der Waals surface area contributed by atoms with Gasteiger partial charge in [0, 0.05) is 31.3 Å². The van der Waals surface area contributed by atoms with Crippen LogP contribution in [0.1, 0.15) is 18.7 Å². The minimum Gasteiger partial charge on any atom is -0.481 e. The molecule has 0 bridgehead atoms. The van der Waals surface area contributed by atoms with Crippen LogP contribution in [0.5, 0.6) is 0 Å². The average molecular weight is 308 g/mol. The molecule has 1 aliphatic rings. The van der Waals surface area contributed by atoms with E-state index in [1.165, 1.54) is 18.0 Å². The Morgan fingerprint density at radius 1 is 1.52 bits per heavy atom. The fraction of sp³-hybridized carbons (Fsp3) is 0.417. The van der Waals surface area contributed by atoms with Gasteiger partial charge in [-0.05, 0) is 6.42 Å². The Bertz CT molecular complexity index is 739. The van der Waals surface area contributed by atoms with Gasteiger partial charge in [0.1, 0.15) is 5.56 Å². The van der Waals surface area contributed by atoms with E-state index in [0.29, 0.717) is 36.0 Å². The number of rotatable bonds is 5. The number of carboxylic acids is 1. The summed E-state index contributed by atoms with van der Waals surface area (Å²) in [5, 5.41) is 13.1. The summed E-state index contributed by atoms with van der Waals surface area (Å²) in [5.74, 6) is 0.488. The number of hydrogen-bond acceptors (Lipinski definition) is 7. The van der Waals surface area contributed by atoms with Crippen LogP contribution >= 0.6 is 11.8 Å². The van der Waals surface area contributed by atoms with Crippen molar-refractivity contribution in [2.45, 2.75) is 31.0 Å². The van der Waals surface area contributed by atoms with Crippen LogP contribution in [0, 0.1) is 0 Å². The van der Waals surface area contributed by atoms with Crippen LogP contribution in [-0.4, -0.2) is 36.5 Å². The summed E-state index contributed by atoms with van der Waals surface area (Å²) in [6, 6.07) is 0. The highest BCUT2D eigenvalue weighted by molar-refractivity contribution is 7.99. The highest BCUT2D eigenvalue weighted by Gasteiger charge is 2.19. The number of aromatic nitrogens is 4. The molecule has 0 saturated carbocycles. The molecule has 3 rings (SSSR count). The molecule has 0 saturated heterocycles. The van der Waals surface area contributed by atoms with E-state index in [1.54, 1.807) is 4.57 Å². The first kappa shape index (κ1) is 13.8. The molecule has 0 aliphatic carbocycles. The van der Waals surface area contributed by atoms with Crippen molar-refractivity contribution < 1.29 is 14.4 Å². The van der Waals surface area contributed by atoms with Crippen LogP contribution in [0.2, 0.25) is 0 Å². The predicted octanol–water partition coefficient (Wildman–Crippen LogP) is 0.806. The van der Waals surface area contributed by atoms with Gasteiger partial charge in [0.15, 0.2) is 5.16 Å². The smallest absolute Gasteiger partial charge is 0.303 e. The second-order valence-corrected chi connectivity index (χ2v) is 5.58. The zero-order valence-electron chi connectivity index (χ0n) is 11.0. The first-order valence-electron chi connectivity index (χ1n) is 6.42. The molecule has 21 heavy (non-hydrogen) atoms. The zero-order chi connectivity index (χ0) is 14.8. The Balaban J connectivity index is 1.80. The van der Waals surface area contributed by atoms with E-state index in [2.05, 4.69) is 15.1 Å². The van der Waals surface area contributed by atoms with Crippen LogP contribution in [-0.2, 0) is 17.8 Å². The molecule has 0 radical (unpaired) electrons. The van der Waals surface area contributed by atoms with Gasteiger partial charge in [-0.1, -0.05) is 16.9 Å². The van der Waals surface area contributed by atoms with Crippen molar-refractivity contribution in [2.24, 2.45) is 0 Å². The second kappa shape index (κ2) is 5.68. The molecule has 1 aliphatic heterocycles. The number of carbonyl (C=O) groups is 1. The largest absolute Gasteiger partial charge is 0.481 e. The fourth-order valence-electron chi connectivity index (χ4n) is 2.03. The van der Waals surface area contributed by atoms with Crippen molar-refractivity contribution in [1.82, 2.24) is 19.7 Å². The maximum atomic E-state index is 12.3. The summed E-state index contributed by atoms with van der Waals surface area (Å²) in [4.78, 5) is 31.1. The molecule has 8 nitrogen and oxygen atoms in total. The first-order chi connectivity index (χ1) is 10.1. The number of hydrogen-bond donors (Lipinski definition) is 1. The highest BCUT2D eigenvalue weighted by Crippen LogP contribution is 2.22. The van der Waals surface area contributed by atoms with Gasteiger partial charge in [0.25, 0.3) is 5.56 Å². The van der Waals surface area contributed by atoms with E-state index >= 15 is 0 Å². The molecule has 2 aromatic rings. The average Bonchev–Trinajstić information content (AvgIpc) is 3.08.